The third-order valence-electron chi connectivity index (χ3n) is 3.26. The summed E-state index contributed by atoms with van der Waals surface area (Å²) in [6, 6.07) is 9.43. The van der Waals surface area contributed by atoms with E-state index in [-0.39, 0.29) is 6.61 Å². The summed E-state index contributed by atoms with van der Waals surface area (Å²) in [5.74, 6) is 1.25. The van der Waals surface area contributed by atoms with Crippen LogP contribution in [0.1, 0.15) is 5.69 Å². The second-order valence-corrected chi connectivity index (χ2v) is 5.42. The Hall–Kier alpha value is -2.38. The van der Waals surface area contributed by atoms with Crippen LogP contribution in [0, 0.1) is 0 Å². The number of thiophene rings is 1. The number of hydrogen-bond donors (Lipinski definition) is 1. The molecule has 0 aliphatic carbocycles. The molecule has 0 atom stereocenters. The molecule has 0 spiro atoms. The molecule has 0 fully saturated rings. The van der Waals surface area contributed by atoms with Gasteiger partial charge < -0.3 is 14.6 Å². The van der Waals surface area contributed by atoms with E-state index in [9.17, 15) is 5.11 Å². The Balaban J connectivity index is 2.15. The summed E-state index contributed by atoms with van der Waals surface area (Å²) in [6.45, 7) is -0.166. The minimum atomic E-state index is -0.166. The number of benzene rings is 1. The summed E-state index contributed by atoms with van der Waals surface area (Å²) in [4.78, 5) is 0.990. The number of aliphatic hydroxyl groups excluding tert-OH is 1. The zero-order valence-corrected chi connectivity index (χ0v) is 13.0. The van der Waals surface area contributed by atoms with E-state index in [1.165, 1.54) is 0 Å². The molecule has 0 aliphatic rings. The van der Waals surface area contributed by atoms with Crippen molar-refractivity contribution in [1.82, 2.24) is 15.0 Å². The highest BCUT2D eigenvalue weighted by molar-refractivity contribution is 7.13. The Morgan fingerprint density at radius 3 is 2.64 bits per heavy atom. The van der Waals surface area contributed by atoms with Gasteiger partial charge in [-0.1, -0.05) is 11.3 Å². The first-order chi connectivity index (χ1) is 10.8. The van der Waals surface area contributed by atoms with Crippen molar-refractivity contribution in [2.45, 2.75) is 6.61 Å². The van der Waals surface area contributed by atoms with Crippen molar-refractivity contribution in [2.24, 2.45) is 0 Å². The number of ether oxygens (including phenoxy) is 2. The molecule has 114 valence electrons. The lowest BCUT2D eigenvalue weighted by atomic mass is 10.2. The van der Waals surface area contributed by atoms with Crippen LogP contribution in [0.4, 0.5) is 0 Å². The standard InChI is InChI=1S/C15H15N3O3S/c1-20-12-6-5-10(8-13(12)21-2)18-15(11(9-19)16-17-18)14-4-3-7-22-14/h3-8,19H,9H2,1-2H3. The average molecular weight is 317 g/mol. The molecule has 0 saturated heterocycles. The molecule has 0 aliphatic heterocycles. The van der Waals surface area contributed by atoms with Gasteiger partial charge in [-0.3, -0.25) is 0 Å². The zero-order valence-electron chi connectivity index (χ0n) is 12.2. The topological polar surface area (TPSA) is 69.4 Å². The summed E-state index contributed by atoms with van der Waals surface area (Å²) in [6.07, 6.45) is 0. The maximum absolute atomic E-state index is 9.50. The molecule has 2 heterocycles. The second kappa shape index (κ2) is 6.17. The van der Waals surface area contributed by atoms with E-state index in [2.05, 4.69) is 10.3 Å². The van der Waals surface area contributed by atoms with Crippen molar-refractivity contribution in [2.75, 3.05) is 14.2 Å². The third-order valence-corrected chi connectivity index (χ3v) is 4.13. The van der Waals surface area contributed by atoms with Crippen molar-refractivity contribution in [3.8, 4) is 27.8 Å². The Labute approximate surface area is 131 Å². The molecule has 0 bridgehead atoms. The minimum absolute atomic E-state index is 0.166. The number of rotatable bonds is 5. The van der Waals surface area contributed by atoms with E-state index in [1.54, 1.807) is 30.2 Å². The summed E-state index contributed by atoms with van der Waals surface area (Å²) in [7, 11) is 3.18. The lowest BCUT2D eigenvalue weighted by Crippen LogP contribution is -2.01. The quantitative estimate of drug-likeness (QED) is 0.783. The molecule has 2 aromatic heterocycles. The largest absolute Gasteiger partial charge is 0.493 e. The molecule has 7 heteroatoms. The van der Waals surface area contributed by atoms with Crippen LogP contribution in [0.25, 0.3) is 16.3 Å². The van der Waals surface area contributed by atoms with E-state index in [0.717, 1.165) is 16.3 Å². The van der Waals surface area contributed by atoms with E-state index < -0.39 is 0 Å². The normalized spacial score (nSPS) is 10.7. The van der Waals surface area contributed by atoms with Gasteiger partial charge in [-0.2, -0.15) is 0 Å². The predicted molar refractivity (Wildman–Crippen MR) is 83.7 cm³/mol. The number of methoxy groups -OCH3 is 2. The number of aliphatic hydroxyl groups is 1. The first-order valence-corrected chi connectivity index (χ1v) is 7.48. The molecule has 3 rings (SSSR count). The molecule has 1 N–H and O–H groups in total. The zero-order chi connectivity index (χ0) is 15.5. The van der Waals surface area contributed by atoms with Crippen molar-refractivity contribution >= 4 is 11.3 Å². The van der Waals surface area contributed by atoms with Gasteiger partial charge in [0.1, 0.15) is 11.4 Å². The molecule has 22 heavy (non-hydrogen) atoms. The molecule has 0 amide bonds. The van der Waals surface area contributed by atoms with Crippen LogP contribution in [0.2, 0.25) is 0 Å². The van der Waals surface area contributed by atoms with Crippen molar-refractivity contribution in [3.63, 3.8) is 0 Å². The fraction of sp³-hybridized carbons (Fsp3) is 0.200. The Kier molecular flexibility index (Phi) is 4.08. The van der Waals surface area contributed by atoms with Crippen LogP contribution in [0.15, 0.2) is 35.7 Å². The van der Waals surface area contributed by atoms with E-state index in [4.69, 9.17) is 9.47 Å². The highest BCUT2D eigenvalue weighted by atomic mass is 32.1. The van der Waals surface area contributed by atoms with Crippen molar-refractivity contribution in [3.05, 3.63) is 41.4 Å². The minimum Gasteiger partial charge on any atom is -0.493 e. The molecule has 3 aromatic rings. The van der Waals surface area contributed by atoms with E-state index in [1.807, 2.05) is 35.7 Å². The molecular weight excluding hydrogens is 302 g/mol. The van der Waals surface area contributed by atoms with Crippen LogP contribution >= 0.6 is 11.3 Å². The van der Waals surface area contributed by atoms with Crippen LogP contribution < -0.4 is 9.47 Å². The maximum Gasteiger partial charge on any atom is 0.162 e. The molecule has 0 unspecified atom stereocenters. The third kappa shape index (κ3) is 2.44. The van der Waals surface area contributed by atoms with Gasteiger partial charge in [0.25, 0.3) is 0 Å². The molecule has 6 nitrogen and oxygen atoms in total. The fourth-order valence-electron chi connectivity index (χ4n) is 2.22. The van der Waals surface area contributed by atoms with E-state index in [0.29, 0.717) is 17.2 Å². The summed E-state index contributed by atoms with van der Waals surface area (Å²) < 4.78 is 12.3. The number of nitrogens with zero attached hydrogens (tertiary/aromatic N) is 3. The van der Waals surface area contributed by atoms with Crippen molar-refractivity contribution in [1.29, 1.82) is 0 Å². The highest BCUT2D eigenvalue weighted by Crippen LogP contribution is 2.33. The Morgan fingerprint density at radius 2 is 2.00 bits per heavy atom. The summed E-state index contributed by atoms with van der Waals surface area (Å²) in [5, 5.41) is 19.7. The average Bonchev–Trinajstić information content (AvgIpc) is 3.22. The fourth-order valence-corrected chi connectivity index (χ4v) is 2.99. The molecule has 0 saturated carbocycles. The predicted octanol–water partition coefficient (Wildman–Crippen LogP) is 2.51. The van der Waals surface area contributed by atoms with Crippen LogP contribution in [0.3, 0.4) is 0 Å². The molecular formula is C15H15N3O3S. The number of hydrogen-bond acceptors (Lipinski definition) is 6. The Morgan fingerprint density at radius 1 is 1.18 bits per heavy atom. The highest BCUT2D eigenvalue weighted by Gasteiger charge is 2.17. The lowest BCUT2D eigenvalue weighted by molar-refractivity contribution is 0.277. The van der Waals surface area contributed by atoms with Gasteiger partial charge in [0.15, 0.2) is 11.5 Å². The maximum atomic E-state index is 9.50. The van der Waals surface area contributed by atoms with Crippen LogP contribution in [-0.2, 0) is 6.61 Å². The molecule has 1 aromatic carbocycles. The lowest BCUT2D eigenvalue weighted by Gasteiger charge is -2.11. The monoisotopic (exact) mass is 317 g/mol. The van der Waals surface area contributed by atoms with Crippen LogP contribution in [-0.4, -0.2) is 34.3 Å². The van der Waals surface area contributed by atoms with Gasteiger partial charge in [-0.15, -0.1) is 16.4 Å². The molecule has 0 radical (unpaired) electrons. The van der Waals surface area contributed by atoms with Crippen molar-refractivity contribution < 1.29 is 14.6 Å². The van der Waals surface area contributed by atoms with Gasteiger partial charge in [0, 0.05) is 6.07 Å². The van der Waals surface area contributed by atoms with E-state index >= 15 is 0 Å². The van der Waals surface area contributed by atoms with Gasteiger partial charge in [0.2, 0.25) is 0 Å². The number of aromatic nitrogens is 3. The van der Waals surface area contributed by atoms with Gasteiger partial charge in [-0.05, 0) is 23.6 Å². The SMILES string of the molecule is COc1ccc(-n2nnc(CO)c2-c2cccs2)cc1OC. The van der Waals surface area contributed by atoms with Gasteiger partial charge in [0.05, 0.1) is 31.4 Å². The smallest absolute Gasteiger partial charge is 0.162 e. The first-order valence-electron chi connectivity index (χ1n) is 6.60. The van der Waals surface area contributed by atoms with Gasteiger partial charge in [-0.25, -0.2) is 4.68 Å². The first kappa shape index (κ1) is 14.6. The van der Waals surface area contributed by atoms with Gasteiger partial charge >= 0.3 is 0 Å². The Bertz CT molecular complexity index is 768. The summed E-state index contributed by atoms with van der Waals surface area (Å²) in [5.41, 5.74) is 2.11. The summed E-state index contributed by atoms with van der Waals surface area (Å²) >= 11 is 1.57. The second-order valence-electron chi connectivity index (χ2n) is 4.47. The van der Waals surface area contributed by atoms with Crippen LogP contribution in [0.5, 0.6) is 11.5 Å².